The van der Waals surface area contributed by atoms with Crippen LogP contribution in [0.3, 0.4) is 0 Å². The minimum absolute atomic E-state index is 0.0368. The maximum atomic E-state index is 12.0. The second-order valence-electron chi connectivity index (χ2n) is 4.99. The molecule has 1 aromatic rings. The molecule has 0 radical (unpaired) electrons. The molecule has 18 heavy (non-hydrogen) atoms. The Morgan fingerprint density at radius 3 is 2.67 bits per heavy atom. The van der Waals surface area contributed by atoms with Crippen LogP contribution in [0.5, 0.6) is 0 Å². The van der Waals surface area contributed by atoms with Crippen molar-refractivity contribution in [1.29, 1.82) is 0 Å². The van der Waals surface area contributed by atoms with Crippen LogP contribution in [-0.2, 0) is 20.4 Å². The lowest BCUT2D eigenvalue weighted by atomic mass is 10.1. The normalized spacial score (nSPS) is 17.6. The first-order valence-electron chi connectivity index (χ1n) is 5.64. The second-order valence-corrected chi connectivity index (χ2v) is 7.99. The Labute approximate surface area is 110 Å². The molecule has 1 aliphatic carbocycles. The van der Waals surface area contributed by atoms with Crippen LogP contribution in [0.2, 0.25) is 0 Å². The van der Waals surface area contributed by atoms with E-state index in [1.165, 1.54) is 11.3 Å². The first kappa shape index (κ1) is 13.5. The molecule has 2 rings (SSSR count). The fourth-order valence-corrected chi connectivity index (χ4v) is 5.28. The number of aromatic nitrogens is 1. The summed E-state index contributed by atoms with van der Waals surface area (Å²) in [5, 5.41) is 11.2. The Hall–Kier alpha value is -0.950. The molecule has 1 N–H and O–H groups in total. The number of thiazole rings is 1. The third-order valence-electron chi connectivity index (χ3n) is 3.02. The highest BCUT2D eigenvalue weighted by Gasteiger charge is 2.47. The van der Waals surface area contributed by atoms with Gasteiger partial charge < -0.3 is 5.11 Å². The third-order valence-corrected chi connectivity index (χ3v) is 5.93. The van der Waals surface area contributed by atoms with Crippen LogP contribution in [0.25, 0.3) is 0 Å². The topological polar surface area (TPSA) is 84.3 Å². The fourth-order valence-electron chi connectivity index (χ4n) is 2.04. The van der Waals surface area contributed by atoms with Crippen molar-refractivity contribution in [3.05, 3.63) is 16.1 Å². The summed E-state index contributed by atoms with van der Waals surface area (Å²) in [7, 11) is -3.28. The van der Waals surface area contributed by atoms with E-state index in [2.05, 4.69) is 4.98 Å². The third kappa shape index (κ3) is 3.52. The number of aryl methyl sites for hydroxylation is 1. The maximum Gasteiger partial charge on any atom is 0.303 e. The largest absolute Gasteiger partial charge is 0.481 e. The number of sulfone groups is 1. The van der Waals surface area contributed by atoms with Crippen LogP contribution in [-0.4, -0.2) is 30.2 Å². The highest BCUT2D eigenvalue weighted by molar-refractivity contribution is 7.90. The molecule has 0 saturated heterocycles. The molecule has 1 fully saturated rings. The number of rotatable bonds is 6. The second kappa shape index (κ2) is 4.62. The van der Waals surface area contributed by atoms with Crippen molar-refractivity contribution in [2.75, 3.05) is 5.75 Å². The molecule has 7 heteroatoms. The van der Waals surface area contributed by atoms with Gasteiger partial charge in [0, 0.05) is 11.1 Å². The van der Waals surface area contributed by atoms with Gasteiger partial charge in [-0.15, -0.1) is 11.3 Å². The molecule has 1 aromatic heterocycles. The predicted molar refractivity (Wildman–Crippen MR) is 68.3 cm³/mol. The van der Waals surface area contributed by atoms with Gasteiger partial charge in [0.05, 0.1) is 12.2 Å². The lowest BCUT2D eigenvalue weighted by Crippen LogP contribution is -2.21. The van der Waals surface area contributed by atoms with Gasteiger partial charge in [-0.1, -0.05) is 0 Å². The van der Waals surface area contributed by atoms with Crippen molar-refractivity contribution in [3.8, 4) is 0 Å². The standard InChI is InChI=1S/C11H15NO4S2/c1-8-5-17-9(12-8)6-18(15,16)7-11(2-3-11)4-10(13)14/h5H,2-4,6-7H2,1H3,(H,13,14). The zero-order valence-electron chi connectivity index (χ0n) is 10.0. The average Bonchev–Trinajstić information content (AvgIpc) is 2.78. The van der Waals surface area contributed by atoms with Gasteiger partial charge in [0.25, 0.3) is 0 Å². The SMILES string of the molecule is Cc1csc(CS(=O)(=O)CC2(CC(=O)O)CC2)n1. The van der Waals surface area contributed by atoms with Crippen molar-refractivity contribution in [2.24, 2.45) is 5.41 Å². The van der Waals surface area contributed by atoms with Crippen molar-refractivity contribution in [3.63, 3.8) is 0 Å². The van der Waals surface area contributed by atoms with E-state index in [-0.39, 0.29) is 17.9 Å². The summed E-state index contributed by atoms with van der Waals surface area (Å²) < 4.78 is 24.0. The average molecular weight is 289 g/mol. The molecule has 0 atom stereocenters. The van der Waals surface area contributed by atoms with E-state index in [9.17, 15) is 13.2 Å². The Balaban J connectivity index is 2.02. The fraction of sp³-hybridized carbons (Fsp3) is 0.636. The molecule has 0 unspecified atom stereocenters. The summed E-state index contributed by atoms with van der Waals surface area (Å²) in [6.07, 6.45) is 1.33. The number of hydrogen-bond donors (Lipinski definition) is 1. The summed E-state index contributed by atoms with van der Waals surface area (Å²) in [5.74, 6) is -1.04. The molecule has 0 bridgehead atoms. The van der Waals surface area contributed by atoms with Gasteiger partial charge >= 0.3 is 5.97 Å². The first-order valence-corrected chi connectivity index (χ1v) is 8.34. The summed E-state index contributed by atoms with van der Waals surface area (Å²) in [5.41, 5.74) is 0.300. The van der Waals surface area contributed by atoms with Crippen LogP contribution in [0.15, 0.2) is 5.38 Å². The van der Waals surface area contributed by atoms with Gasteiger partial charge in [0.15, 0.2) is 9.84 Å². The molecule has 0 amide bonds. The maximum absolute atomic E-state index is 12.0. The van der Waals surface area contributed by atoms with Crippen LogP contribution in [0, 0.1) is 12.3 Å². The number of carboxylic acids is 1. The van der Waals surface area contributed by atoms with Crippen LogP contribution in [0.4, 0.5) is 0 Å². The number of carbonyl (C=O) groups is 1. The predicted octanol–water partition coefficient (Wildman–Crippen LogP) is 1.62. The van der Waals surface area contributed by atoms with E-state index in [0.717, 1.165) is 5.69 Å². The molecule has 1 aliphatic rings. The van der Waals surface area contributed by atoms with Crippen molar-refractivity contribution >= 4 is 27.1 Å². The Morgan fingerprint density at radius 1 is 1.56 bits per heavy atom. The van der Waals surface area contributed by atoms with E-state index in [4.69, 9.17) is 5.11 Å². The molecule has 0 spiro atoms. The Morgan fingerprint density at radius 2 is 2.22 bits per heavy atom. The van der Waals surface area contributed by atoms with Gasteiger partial charge in [-0.3, -0.25) is 4.79 Å². The van der Waals surface area contributed by atoms with Gasteiger partial charge in [-0.2, -0.15) is 0 Å². The van der Waals surface area contributed by atoms with Crippen LogP contribution < -0.4 is 0 Å². The van der Waals surface area contributed by atoms with Gasteiger partial charge in [0.2, 0.25) is 0 Å². The van der Waals surface area contributed by atoms with E-state index in [1.54, 1.807) is 0 Å². The van der Waals surface area contributed by atoms with Crippen molar-refractivity contribution in [2.45, 2.75) is 31.9 Å². The van der Waals surface area contributed by atoms with E-state index < -0.39 is 21.2 Å². The van der Waals surface area contributed by atoms with E-state index in [1.807, 2.05) is 12.3 Å². The monoisotopic (exact) mass is 289 g/mol. The number of carboxylic acid groups (broad SMARTS) is 1. The lowest BCUT2D eigenvalue weighted by Gasteiger charge is -2.11. The molecule has 100 valence electrons. The molecule has 5 nitrogen and oxygen atoms in total. The number of nitrogens with zero attached hydrogens (tertiary/aromatic N) is 1. The van der Waals surface area contributed by atoms with Crippen LogP contribution >= 0.6 is 11.3 Å². The molecular formula is C11H15NO4S2. The van der Waals surface area contributed by atoms with Crippen molar-refractivity contribution in [1.82, 2.24) is 4.98 Å². The number of aliphatic carboxylic acids is 1. The lowest BCUT2D eigenvalue weighted by molar-refractivity contribution is -0.138. The summed E-state index contributed by atoms with van der Waals surface area (Å²) >= 11 is 1.33. The summed E-state index contributed by atoms with van der Waals surface area (Å²) in [4.78, 5) is 14.8. The van der Waals surface area contributed by atoms with Gasteiger partial charge in [0.1, 0.15) is 10.8 Å². The summed E-state index contributed by atoms with van der Waals surface area (Å²) in [6, 6.07) is 0. The number of hydrogen-bond acceptors (Lipinski definition) is 5. The first-order chi connectivity index (χ1) is 8.30. The molecule has 0 aromatic carbocycles. The molecule has 0 aliphatic heterocycles. The molecule has 1 heterocycles. The summed E-state index contributed by atoms with van der Waals surface area (Å²) in [6.45, 7) is 1.82. The Bertz CT molecular complexity index is 557. The smallest absolute Gasteiger partial charge is 0.303 e. The quantitative estimate of drug-likeness (QED) is 0.860. The minimum atomic E-state index is -3.28. The molecule has 1 saturated carbocycles. The highest BCUT2D eigenvalue weighted by Crippen LogP contribution is 2.50. The van der Waals surface area contributed by atoms with Gasteiger partial charge in [-0.05, 0) is 25.2 Å². The molecular weight excluding hydrogens is 274 g/mol. The van der Waals surface area contributed by atoms with Gasteiger partial charge in [-0.25, -0.2) is 13.4 Å². The van der Waals surface area contributed by atoms with Crippen molar-refractivity contribution < 1.29 is 18.3 Å². The Kier molecular flexibility index (Phi) is 3.46. The zero-order valence-corrected chi connectivity index (χ0v) is 11.7. The highest BCUT2D eigenvalue weighted by atomic mass is 32.2. The van der Waals surface area contributed by atoms with E-state index >= 15 is 0 Å². The van der Waals surface area contributed by atoms with Crippen LogP contribution in [0.1, 0.15) is 30.0 Å². The zero-order chi connectivity index (χ0) is 13.4. The van der Waals surface area contributed by atoms with E-state index in [0.29, 0.717) is 17.8 Å². The minimum Gasteiger partial charge on any atom is -0.481 e.